The van der Waals surface area contributed by atoms with Gasteiger partial charge in [0, 0.05) is 23.8 Å². The standard InChI is InChI=1S/C25H28ClN3O5S2/c1-4-28(5-2)35(31,32)22-16-12-21(13-17-22)27-25(30)18-29(24-9-7-6-8-19(24)3)36(33,34)23-14-10-20(26)11-15-23/h6-17H,4-5,18H2,1-3H3,(H,27,30). The first-order valence-electron chi connectivity index (χ1n) is 11.2. The predicted molar refractivity (Wildman–Crippen MR) is 142 cm³/mol. The van der Waals surface area contributed by atoms with Gasteiger partial charge in [-0.1, -0.05) is 43.6 Å². The number of aryl methyl sites for hydroxylation is 1. The molecule has 0 aromatic heterocycles. The number of carbonyl (C=O) groups excluding carboxylic acids is 1. The number of carbonyl (C=O) groups is 1. The molecule has 3 aromatic carbocycles. The van der Waals surface area contributed by atoms with Crippen molar-refractivity contribution in [3.63, 3.8) is 0 Å². The Bertz CT molecular complexity index is 1420. The van der Waals surface area contributed by atoms with E-state index in [0.29, 0.717) is 35.1 Å². The van der Waals surface area contributed by atoms with Crippen LogP contribution in [0.2, 0.25) is 5.02 Å². The number of halogens is 1. The Morgan fingerprint density at radius 3 is 1.89 bits per heavy atom. The summed E-state index contributed by atoms with van der Waals surface area (Å²) in [5.41, 5.74) is 1.38. The molecule has 1 N–H and O–H groups in total. The van der Waals surface area contributed by atoms with Gasteiger partial charge < -0.3 is 5.32 Å². The Labute approximate surface area is 217 Å². The smallest absolute Gasteiger partial charge is 0.264 e. The number of anilines is 2. The van der Waals surface area contributed by atoms with Crippen molar-refractivity contribution < 1.29 is 21.6 Å². The lowest BCUT2D eigenvalue weighted by Crippen LogP contribution is -2.38. The fourth-order valence-corrected chi connectivity index (χ4v) is 6.70. The van der Waals surface area contributed by atoms with E-state index in [1.807, 2.05) is 0 Å². The zero-order valence-corrected chi connectivity index (χ0v) is 22.6. The topological polar surface area (TPSA) is 104 Å². The van der Waals surface area contributed by atoms with E-state index < -0.39 is 32.5 Å². The molecule has 36 heavy (non-hydrogen) atoms. The predicted octanol–water partition coefficient (Wildman–Crippen LogP) is 4.51. The molecule has 0 atom stereocenters. The number of para-hydroxylation sites is 1. The molecule has 0 saturated carbocycles. The van der Waals surface area contributed by atoms with Crippen molar-refractivity contribution in [2.45, 2.75) is 30.6 Å². The number of sulfonamides is 2. The minimum Gasteiger partial charge on any atom is -0.325 e. The second-order valence-electron chi connectivity index (χ2n) is 7.91. The minimum absolute atomic E-state index is 0.00563. The largest absolute Gasteiger partial charge is 0.325 e. The first kappa shape index (κ1) is 27.7. The van der Waals surface area contributed by atoms with Crippen LogP contribution in [0.1, 0.15) is 19.4 Å². The molecule has 0 aliphatic carbocycles. The van der Waals surface area contributed by atoms with Gasteiger partial charge in [-0.2, -0.15) is 4.31 Å². The van der Waals surface area contributed by atoms with Gasteiger partial charge in [-0.25, -0.2) is 16.8 Å². The molecular weight excluding hydrogens is 522 g/mol. The van der Waals surface area contributed by atoms with Gasteiger partial charge in [0.05, 0.1) is 15.5 Å². The number of nitrogens with one attached hydrogen (secondary N) is 1. The summed E-state index contributed by atoms with van der Waals surface area (Å²) in [5.74, 6) is -0.588. The Morgan fingerprint density at radius 2 is 1.33 bits per heavy atom. The lowest BCUT2D eigenvalue weighted by Gasteiger charge is -2.25. The van der Waals surface area contributed by atoms with E-state index in [0.717, 1.165) is 4.31 Å². The van der Waals surface area contributed by atoms with Crippen molar-refractivity contribution in [1.82, 2.24) is 4.31 Å². The highest BCUT2D eigenvalue weighted by atomic mass is 35.5. The van der Waals surface area contributed by atoms with Gasteiger partial charge in [0.15, 0.2) is 0 Å². The van der Waals surface area contributed by atoms with Crippen LogP contribution in [-0.2, 0) is 24.8 Å². The van der Waals surface area contributed by atoms with Crippen molar-refractivity contribution in [2.24, 2.45) is 0 Å². The molecular formula is C25H28ClN3O5S2. The molecule has 3 aromatic rings. The van der Waals surface area contributed by atoms with E-state index in [2.05, 4.69) is 5.32 Å². The van der Waals surface area contributed by atoms with Crippen LogP contribution in [0.4, 0.5) is 11.4 Å². The van der Waals surface area contributed by atoms with E-state index in [4.69, 9.17) is 11.6 Å². The zero-order valence-electron chi connectivity index (χ0n) is 20.2. The fraction of sp³-hybridized carbons (Fsp3) is 0.240. The molecule has 0 radical (unpaired) electrons. The van der Waals surface area contributed by atoms with Crippen LogP contribution in [0.15, 0.2) is 82.6 Å². The summed E-state index contributed by atoms with van der Waals surface area (Å²) in [4.78, 5) is 13.1. The SMILES string of the molecule is CCN(CC)S(=O)(=O)c1ccc(NC(=O)CN(c2ccccc2C)S(=O)(=O)c2ccc(Cl)cc2)cc1. The minimum atomic E-state index is -4.09. The van der Waals surface area contributed by atoms with E-state index in [-0.39, 0.29) is 9.79 Å². The van der Waals surface area contributed by atoms with Gasteiger partial charge in [0.2, 0.25) is 15.9 Å². The van der Waals surface area contributed by atoms with E-state index in [9.17, 15) is 21.6 Å². The van der Waals surface area contributed by atoms with Crippen molar-refractivity contribution in [3.05, 3.63) is 83.4 Å². The molecule has 0 saturated heterocycles. The monoisotopic (exact) mass is 549 g/mol. The van der Waals surface area contributed by atoms with Crippen LogP contribution in [0.5, 0.6) is 0 Å². The number of hydrogen-bond donors (Lipinski definition) is 1. The van der Waals surface area contributed by atoms with Crippen LogP contribution in [0.25, 0.3) is 0 Å². The van der Waals surface area contributed by atoms with Crippen LogP contribution in [-0.4, -0.2) is 46.7 Å². The zero-order chi connectivity index (χ0) is 26.5. The highest BCUT2D eigenvalue weighted by molar-refractivity contribution is 7.92. The molecule has 0 aliphatic rings. The van der Waals surface area contributed by atoms with Crippen molar-refractivity contribution >= 4 is 48.9 Å². The van der Waals surface area contributed by atoms with Gasteiger partial charge in [0.25, 0.3) is 10.0 Å². The van der Waals surface area contributed by atoms with Gasteiger partial charge in [-0.15, -0.1) is 0 Å². The average molecular weight is 550 g/mol. The van der Waals surface area contributed by atoms with Crippen molar-refractivity contribution in [3.8, 4) is 0 Å². The molecule has 0 heterocycles. The summed E-state index contributed by atoms with van der Waals surface area (Å²) in [6, 6.07) is 18.3. The second kappa shape index (κ2) is 11.4. The van der Waals surface area contributed by atoms with Crippen molar-refractivity contribution in [2.75, 3.05) is 29.3 Å². The molecule has 8 nitrogen and oxygen atoms in total. The van der Waals surface area contributed by atoms with Gasteiger partial charge in [-0.05, 0) is 67.1 Å². The normalized spacial score (nSPS) is 11.9. The number of nitrogens with zero attached hydrogens (tertiary/aromatic N) is 2. The molecule has 192 valence electrons. The molecule has 0 fully saturated rings. The molecule has 0 aliphatic heterocycles. The summed E-state index contributed by atoms with van der Waals surface area (Å²) >= 11 is 5.92. The fourth-order valence-electron chi connectivity index (χ4n) is 3.63. The second-order valence-corrected chi connectivity index (χ2v) is 12.2. The van der Waals surface area contributed by atoms with Crippen LogP contribution in [0, 0.1) is 6.92 Å². The third kappa shape index (κ3) is 6.07. The summed E-state index contributed by atoms with van der Waals surface area (Å²) in [6.45, 7) is 5.46. The third-order valence-electron chi connectivity index (χ3n) is 5.55. The maximum absolute atomic E-state index is 13.5. The molecule has 0 bridgehead atoms. The van der Waals surface area contributed by atoms with Crippen LogP contribution in [0.3, 0.4) is 0 Å². The number of amides is 1. The lowest BCUT2D eigenvalue weighted by atomic mass is 10.2. The summed E-state index contributed by atoms with van der Waals surface area (Å²) in [7, 11) is -7.73. The molecule has 1 amide bonds. The lowest BCUT2D eigenvalue weighted by molar-refractivity contribution is -0.114. The first-order valence-corrected chi connectivity index (χ1v) is 14.5. The van der Waals surface area contributed by atoms with Gasteiger partial charge in [-0.3, -0.25) is 9.10 Å². The highest BCUT2D eigenvalue weighted by Gasteiger charge is 2.28. The van der Waals surface area contributed by atoms with Crippen LogP contribution >= 0.6 is 11.6 Å². The molecule has 3 rings (SSSR count). The summed E-state index contributed by atoms with van der Waals surface area (Å²) < 4.78 is 54.7. The Morgan fingerprint density at radius 1 is 0.806 bits per heavy atom. The van der Waals surface area contributed by atoms with E-state index >= 15 is 0 Å². The maximum Gasteiger partial charge on any atom is 0.264 e. The molecule has 0 unspecified atom stereocenters. The van der Waals surface area contributed by atoms with Crippen molar-refractivity contribution in [1.29, 1.82) is 0 Å². The van der Waals surface area contributed by atoms with Gasteiger partial charge >= 0.3 is 0 Å². The highest BCUT2D eigenvalue weighted by Crippen LogP contribution is 2.27. The van der Waals surface area contributed by atoms with E-state index in [1.54, 1.807) is 45.0 Å². The Kier molecular flexibility index (Phi) is 8.78. The number of rotatable bonds is 10. The molecule has 11 heteroatoms. The quantitative estimate of drug-likeness (QED) is 0.400. The summed E-state index contributed by atoms with van der Waals surface area (Å²) in [5, 5.41) is 3.05. The maximum atomic E-state index is 13.5. The van der Waals surface area contributed by atoms with Gasteiger partial charge in [0.1, 0.15) is 6.54 Å². The van der Waals surface area contributed by atoms with Crippen LogP contribution < -0.4 is 9.62 Å². The summed E-state index contributed by atoms with van der Waals surface area (Å²) in [6.07, 6.45) is 0. The number of hydrogen-bond acceptors (Lipinski definition) is 5. The molecule has 0 spiro atoms. The third-order valence-corrected chi connectivity index (χ3v) is 9.64. The Hall–Kier alpha value is -2.92. The first-order chi connectivity index (χ1) is 17.0. The number of benzene rings is 3. The Balaban J connectivity index is 1.87. The average Bonchev–Trinajstić information content (AvgIpc) is 2.84. The van der Waals surface area contributed by atoms with E-state index in [1.165, 1.54) is 52.8 Å².